The van der Waals surface area contributed by atoms with Gasteiger partial charge in [-0.15, -0.1) is 0 Å². The van der Waals surface area contributed by atoms with Gasteiger partial charge < -0.3 is 15.4 Å². The van der Waals surface area contributed by atoms with Crippen molar-refractivity contribution in [3.05, 3.63) is 0 Å². The summed E-state index contributed by atoms with van der Waals surface area (Å²) in [6, 6.07) is 1.13. The predicted octanol–water partition coefficient (Wildman–Crippen LogP) is 5.94. The maximum atomic E-state index is 11.3. The lowest BCUT2D eigenvalue weighted by Crippen LogP contribution is -2.24. The smallest absolute Gasteiger partial charge is 0.308 e. The summed E-state index contributed by atoms with van der Waals surface area (Å²) in [5, 5.41) is 6.73. The van der Waals surface area contributed by atoms with Crippen LogP contribution in [0.2, 0.25) is 0 Å². The molecule has 0 aliphatic carbocycles. The molecular weight excluding hydrogens is 481 g/mol. The molecule has 0 amide bonds. The summed E-state index contributed by atoms with van der Waals surface area (Å²) >= 11 is 0. The first kappa shape index (κ1) is 34.6. The van der Waals surface area contributed by atoms with Crippen molar-refractivity contribution in [3.8, 4) is 0 Å². The zero-order valence-corrected chi connectivity index (χ0v) is 24.8. The summed E-state index contributed by atoms with van der Waals surface area (Å²) in [7, 11) is 7.36. The second-order valence-electron chi connectivity index (χ2n) is 8.55. The van der Waals surface area contributed by atoms with E-state index in [2.05, 4.69) is 38.3 Å². The minimum absolute atomic E-state index is 0.0205. The van der Waals surface area contributed by atoms with Crippen molar-refractivity contribution < 1.29 is 14.3 Å². The normalized spacial score (nSPS) is 11.2. The molecule has 9 heteroatoms. The van der Waals surface area contributed by atoms with Gasteiger partial charge in [-0.2, -0.15) is 0 Å². The minimum atomic E-state index is -0.105. The van der Waals surface area contributed by atoms with Gasteiger partial charge in [0, 0.05) is 60.5 Å². The van der Waals surface area contributed by atoms with Crippen LogP contribution in [0.5, 0.6) is 0 Å². The van der Waals surface area contributed by atoms with Crippen molar-refractivity contribution in [2.45, 2.75) is 80.3 Å². The number of nitrogens with one attached hydrogen (secondary N) is 2. The largest absolute Gasteiger partial charge is 0.465 e. The number of rotatable bonds is 19. The topological polar surface area (TPSA) is 67.4 Å². The van der Waals surface area contributed by atoms with E-state index in [-0.39, 0.29) is 17.8 Å². The van der Waals surface area contributed by atoms with Crippen LogP contribution in [0.4, 0.5) is 0 Å². The molecule has 32 heavy (non-hydrogen) atoms. The molecule has 0 aromatic heterocycles. The van der Waals surface area contributed by atoms with E-state index in [0.29, 0.717) is 24.5 Å². The summed E-state index contributed by atoms with van der Waals surface area (Å²) in [6.45, 7) is 18.9. The van der Waals surface area contributed by atoms with E-state index < -0.39 is 0 Å². The Labute approximate surface area is 214 Å². The van der Waals surface area contributed by atoms with E-state index in [1.54, 1.807) is 10.8 Å². The van der Waals surface area contributed by atoms with Crippen LogP contribution >= 0.6 is 43.2 Å². The van der Waals surface area contributed by atoms with Crippen LogP contribution in [0, 0.1) is 11.8 Å². The number of ketones is 1. The van der Waals surface area contributed by atoms with Gasteiger partial charge in [0.1, 0.15) is 12.4 Å². The third-order valence-electron chi connectivity index (χ3n) is 3.82. The van der Waals surface area contributed by atoms with Crippen LogP contribution in [-0.4, -0.2) is 66.5 Å². The average Bonchev–Trinajstić information content (AvgIpc) is 2.71. The molecule has 0 heterocycles. The Bertz CT molecular complexity index is 411. The first-order valence-electron chi connectivity index (χ1n) is 11.7. The van der Waals surface area contributed by atoms with E-state index in [4.69, 9.17) is 4.74 Å². The number of ether oxygens (including phenoxy) is 1. The standard InChI is InChI=1S/C12H25NOS2.C11H23NO2S2/c1-10(2)12(14)6-5-8-15-16-9-7-13-11(3)4;1-9(2)11(13)14-6-8-16-15-7-5-12-10(3)4/h10-11,13H,5-9H2,1-4H3;9-10,12H,5-8H2,1-4H3. The molecule has 0 aromatic rings. The highest BCUT2D eigenvalue weighted by atomic mass is 33.1. The molecule has 5 nitrogen and oxygen atoms in total. The highest BCUT2D eigenvalue weighted by Gasteiger charge is 2.07. The lowest BCUT2D eigenvalue weighted by atomic mass is 10.1. The van der Waals surface area contributed by atoms with Crippen molar-refractivity contribution >= 4 is 54.9 Å². The van der Waals surface area contributed by atoms with Gasteiger partial charge >= 0.3 is 5.97 Å². The fourth-order valence-corrected chi connectivity index (χ4v) is 5.71. The fourth-order valence-electron chi connectivity index (χ4n) is 1.95. The van der Waals surface area contributed by atoms with Crippen LogP contribution in [0.15, 0.2) is 0 Å². The van der Waals surface area contributed by atoms with E-state index >= 15 is 0 Å². The van der Waals surface area contributed by atoms with Crippen LogP contribution in [0.1, 0.15) is 68.2 Å². The second-order valence-corrected chi connectivity index (χ2v) is 14.0. The molecule has 0 unspecified atom stereocenters. The molecule has 0 radical (unpaired) electrons. The quantitative estimate of drug-likeness (QED) is 0.120. The first-order chi connectivity index (χ1) is 15.1. The molecule has 2 N–H and O–H groups in total. The zero-order valence-electron chi connectivity index (χ0n) is 21.5. The second kappa shape index (κ2) is 24.6. The van der Waals surface area contributed by atoms with Gasteiger partial charge in [-0.25, -0.2) is 0 Å². The number of hydrogen-bond donors (Lipinski definition) is 2. The molecule has 0 atom stereocenters. The van der Waals surface area contributed by atoms with Gasteiger partial charge in [0.05, 0.1) is 5.92 Å². The third-order valence-corrected chi connectivity index (χ3v) is 8.68. The van der Waals surface area contributed by atoms with Crippen LogP contribution in [-0.2, 0) is 14.3 Å². The molecule has 192 valence electrons. The molecule has 0 rings (SSSR count). The highest BCUT2D eigenvalue weighted by molar-refractivity contribution is 8.77. The number of esters is 1. The summed E-state index contributed by atoms with van der Waals surface area (Å²) in [5.41, 5.74) is 0. The van der Waals surface area contributed by atoms with E-state index in [9.17, 15) is 9.59 Å². The van der Waals surface area contributed by atoms with E-state index in [1.807, 2.05) is 60.1 Å². The summed E-state index contributed by atoms with van der Waals surface area (Å²) in [4.78, 5) is 22.4. The number of Topliss-reactive ketones (excluding diaryl/α,β-unsaturated/α-hetero) is 1. The molecule has 0 aliphatic rings. The monoisotopic (exact) mass is 528 g/mol. The van der Waals surface area contributed by atoms with Gasteiger partial charge in [-0.05, 0) is 6.42 Å². The van der Waals surface area contributed by atoms with E-state index in [1.165, 1.54) is 0 Å². The van der Waals surface area contributed by atoms with Crippen molar-refractivity contribution in [3.63, 3.8) is 0 Å². The Morgan fingerprint density at radius 1 is 0.688 bits per heavy atom. The van der Waals surface area contributed by atoms with Crippen molar-refractivity contribution in [1.82, 2.24) is 10.6 Å². The number of carbonyl (C=O) groups excluding carboxylic acids is 2. The predicted molar refractivity (Wildman–Crippen MR) is 151 cm³/mol. The Morgan fingerprint density at radius 3 is 1.59 bits per heavy atom. The highest BCUT2D eigenvalue weighted by Crippen LogP contribution is 2.22. The molecule has 0 saturated heterocycles. The Balaban J connectivity index is 0. The molecular formula is C23H48N2O3S4. The molecule has 0 bridgehead atoms. The number of carbonyl (C=O) groups is 2. The molecule has 0 fully saturated rings. The molecule has 0 aliphatic heterocycles. The maximum absolute atomic E-state index is 11.3. The third kappa shape index (κ3) is 28.5. The lowest BCUT2D eigenvalue weighted by molar-refractivity contribution is -0.146. The van der Waals surface area contributed by atoms with Crippen molar-refractivity contribution in [1.29, 1.82) is 0 Å². The summed E-state index contributed by atoms with van der Waals surface area (Å²) in [5.74, 6) is 4.65. The Hall–Kier alpha value is 0.460. The number of hydrogen-bond acceptors (Lipinski definition) is 9. The zero-order chi connectivity index (χ0) is 24.8. The van der Waals surface area contributed by atoms with Gasteiger partial charge in [0.2, 0.25) is 0 Å². The first-order valence-corrected chi connectivity index (χ1v) is 16.7. The summed E-state index contributed by atoms with van der Waals surface area (Å²) in [6.07, 6.45) is 1.77. The molecule has 0 spiro atoms. The van der Waals surface area contributed by atoms with Crippen molar-refractivity contribution in [2.75, 3.05) is 42.7 Å². The van der Waals surface area contributed by atoms with E-state index in [0.717, 1.165) is 48.9 Å². The Kier molecular flexibility index (Phi) is 26.6. The Morgan fingerprint density at radius 2 is 1.16 bits per heavy atom. The molecule has 0 aromatic carbocycles. The van der Waals surface area contributed by atoms with Gasteiger partial charge in [-0.3, -0.25) is 9.59 Å². The minimum Gasteiger partial charge on any atom is -0.465 e. The van der Waals surface area contributed by atoms with Gasteiger partial charge in [0.25, 0.3) is 0 Å². The maximum Gasteiger partial charge on any atom is 0.308 e. The summed E-state index contributed by atoms with van der Waals surface area (Å²) < 4.78 is 5.06. The van der Waals surface area contributed by atoms with Crippen molar-refractivity contribution in [2.24, 2.45) is 11.8 Å². The van der Waals surface area contributed by atoms with Crippen LogP contribution in [0.25, 0.3) is 0 Å². The fraction of sp³-hybridized carbons (Fsp3) is 0.913. The lowest BCUT2D eigenvalue weighted by Gasteiger charge is -2.08. The van der Waals surface area contributed by atoms with Crippen LogP contribution in [0.3, 0.4) is 0 Å². The van der Waals surface area contributed by atoms with Gasteiger partial charge in [0.15, 0.2) is 0 Å². The molecule has 0 saturated carbocycles. The average molecular weight is 529 g/mol. The van der Waals surface area contributed by atoms with Crippen LogP contribution < -0.4 is 10.6 Å². The van der Waals surface area contributed by atoms with Gasteiger partial charge in [-0.1, -0.05) is 98.6 Å². The SMILES string of the molecule is CC(C)NCCSSCCCC(=O)C(C)C.CC(C)NCCSSCCOC(=O)C(C)C.